The fraction of sp³-hybridized carbons (Fsp3) is 1.00. The Hall–Kier alpha value is 0.110. The van der Waals surface area contributed by atoms with Gasteiger partial charge in [0.15, 0.2) is 6.29 Å². The summed E-state index contributed by atoms with van der Waals surface area (Å²) in [6.45, 7) is 2.19. The second-order valence-electron chi connectivity index (χ2n) is 9.48. The molecule has 1 rings (SSSR count). The molecule has 0 aromatic rings. The normalized spacial score (nSPS) is 25.5. The van der Waals surface area contributed by atoms with Crippen LogP contribution in [0.1, 0.15) is 110 Å². The highest BCUT2D eigenvalue weighted by molar-refractivity contribution is 7.99. The summed E-state index contributed by atoms with van der Waals surface area (Å²) in [4.78, 5) is 0. The number of unbranched alkanes of at least 4 members (excludes halogenated alkanes) is 15. The van der Waals surface area contributed by atoms with Crippen LogP contribution in [0.5, 0.6) is 0 Å². The molecule has 7 heteroatoms. The maximum Gasteiger partial charge on any atom is 0.184 e. The highest BCUT2D eigenvalue weighted by Crippen LogP contribution is 2.22. The second kappa shape index (κ2) is 21.4. The van der Waals surface area contributed by atoms with Gasteiger partial charge < -0.3 is 29.9 Å². The van der Waals surface area contributed by atoms with Gasteiger partial charge in [-0.2, -0.15) is 11.8 Å². The minimum Gasteiger partial charge on any atom is -0.394 e. The number of aliphatic hydroxyl groups excluding tert-OH is 4. The average molecular weight is 493 g/mol. The van der Waals surface area contributed by atoms with E-state index >= 15 is 0 Å². The van der Waals surface area contributed by atoms with E-state index in [4.69, 9.17) is 14.6 Å². The van der Waals surface area contributed by atoms with Gasteiger partial charge in [0.2, 0.25) is 0 Å². The van der Waals surface area contributed by atoms with Gasteiger partial charge in [-0.15, -0.1) is 0 Å². The SMILES string of the molecule is CCCCCCCCCCCCCCCCCCSCCO[C@@H]1[C@@H](O)[C@@H](O)[C@@H](CO)O[C@H]1O. The average Bonchev–Trinajstić information content (AvgIpc) is 2.81. The van der Waals surface area contributed by atoms with Crippen LogP contribution in [0.15, 0.2) is 0 Å². The van der Waals surface area contributed by atoms with E-state index in [9.17, 15) is 15.3 Å². The molecule has 0 spiro atoms. The quantitative estimate of drug-likeness (QED) is 0.161. The molecule has 1 aliphatic heterocycles. The van der Waals surface area contributed by atoms with E-state index in [1.807, 2.05) is 0 Å². The van der Waals surface area contributed by atoms with Gasteiger partial charge in [0.25, 0.3) is 0 Å². The molecule has 1 saturated heterocycles. The van der Waals surface area contributed by atoms with Gasteiger partial charge >= 0.3 is 0 Å². The Labute approximate surface area is 206 Å². The molecular formula is C26H52O6S. The Morgan fingerprint density at radius 1 is 0.667 bits per heavy atom. The van der Waals surface area contributed by atoms with Crippen molar-refractivity contribution in [2.75, 3.05) is 24.7 Å². The maximum absolute atomic E-state index is 10.0. The zero-order chi connectivity index (χ0) is 24.2. The Morgan fingerprint density at radius 2 is 1.15 bits per heavy atom. The molecule has 0 radical (unpaired) electrons. The first-order chi connectivity index (χ1) is 16.1. The van der Waals surface area contributed by atoms with Crippen LogP contribution in [-0.4, -0.2) is 75.9 Å². The Bertz CT molecular complexity index is 428. The number of ether oxygens (including phenoxy) is 2. The van der Waals surface area contributed by atoms with Crippen molar-refractivity contribution in [3.8, 4) is 0 Å². The van der Waals surface area contributed by atoms with E-state index < -0.39 is 37.3 Å². The predicted molar refractivity (Wildman–Crippen MR) is 137 cm³/mol. The van der Waals surface area contributed by atoms with Gasteiger partial charge in [-0.25, -0.2) is 0 Å². The van der Waals surface area contributed by atoms with E-state index in [-0.39, 0.29) is 0 Å². The number of aliphatic hydroxyl groups is 4. The zero-order valence-electron chi connectivity index (χ0n) is 21.0. The van der Waals surface area contributed by atoms with Crippen LogP contribution < -0.4 is 0 Å². The van der Waals surface area contributed by atoms with E-state index in [1.54, 1.807) is 11.8 Å². The zero-order valence-corrected chi connectivity index (χ0v) is 21.9. The van der Waals surface area contributed by atoms with Crippen molar-refractivity contribution in [3.63, 3.8) is 0 Å². The fourth-order valence-electron chi connectivity index (χ4n) is 4.35. The molecule has 6 nitrogen and oxygen atoms in total. The molecule has 1 aliphatic rings. The lowest BCUT2D eigenvalue weighted by atomic mass is 9.99. The van der Waals surface area contributed by atoms with Crippen molar-refractivity contribution in [3.05, 3.63) is 0 Å². The number of hydrogen-bond donors (Lipinski definition) is 4. The van der Waals surface area contributed by atoms with E-state index in [0.29, 0.717) is 6.61 Å². The highest BCUT2D eigenvalue weighted by Gasteiger charge is 2.44. The standard InChI is InChI=1S/C26H52O6S/c1-2-3-4-5-6-7-8-9-10-11-12-13-14-15-16-17-19-33-20-18-31-25-24(29)23(28)22(21-27)32-26(25)30/h22-30H,2-21H2,1H3/t22-,23+,24+,25-,26-/m1/s1. The van der Waals surface area contributed by atoms with Crippen LogP contribution in [0.2, 0.25) is 0 Å². The van der Waals surface area contributed by atoms with Gasteiger partial charge in [-0.3, -0.25) is 0 Å². The van der Waals surface area contributed by atoms with Crippen LogP contribution in [0, 0.1) is 0 Å². The smallest absolute Gasteiger partial charge is 0.184 e. The van der Waals surface area contributed by atoms with Crippen molar-refractivity contribution < 1.29 is 29.9 Å². The molecule has 0 saturated carbocycles. The van der Waals surface area contributed by atoms with Crippen LogP contribution in [0.3, 0.4) is 0 Å². The van der Waals surface area contributed by atoms with Gasteiger partial charge in [-0.1, -0.05) is 103 Å². The molecule has 4 N–H and O–H groups in total. The molecule has 1 fully saturated rings. The van der Waals surface area contributed by atoms with Gasteiger partial charge in [-0.05, 0) is 12.2 Å². The predicted octanol–water partition coefficient (Wildman–Crippen LogP) is 4.80. The molecule has 198 valence electrons. The van der Waals surface area contributed by atoms with Crippen LogP contribution in [-0.2, 0) is 9.47 Å². The van der Waals surface area contributed by atoms with Crippen LogP contribution in [0.4, 0.5) is 0 Å². The van der Waals surface area contributed by atoms with Gasteiger partial charge in [0.1, 0.15) is 24.4 Å². The van der Waals surface area contributed by atoms with Crippen molar-refractivity contribution in [1.29, 1.82) is 0 Å². The molecular weight excluding hydrogens is 440 g/mol. The Balaban J connectivity index is 1.80. The molecule has 33 heavy (non-hydrogen) atoms. The van der Waals surface area contributed by atoms with E-state index in [1.165, 1.54) is 103 Å². The van der Waals surface area contributed by atoms with Crippen LogP contribution in [0.25, 0.3) is 0 Å². The third-order valence-corrected chi connectivity index (χ3v) is 7.56. The molecule has 0 bridgehead atoms. The monoisotopic (exact) mass is 492 g/mol. The maximum atomic E-state index is 10.0. The third kappa shape index (κ3) is 15.0. The molecule has 0 aliphatic carbocycles. The lowest BCUT2D eigenvalue weighted by Gasteiger charge is -2.39. The topological polar surface area (TPSA) is 99.4 Å². The van der Waals surface area contributed by atoms with E-state index in [0.717, 1.165) is 11.5 Å². The Morgan fingerprint density at radius 3 is 1.64 bits per heavy atom. The lowest BCUT2D eigenvalue weighted by Crippen LogP contribution is -2.59. The summed E-state index contributed by atoms with van der Waals surface area (Å²) in [7, 11) is 0. The second-order valence-corrected chi connectivity index (χ2v) is 10.7. The molecule has 1 heterocycles. The van der Waals surface area contributed by atoms with E-state index in [2.05, 4.69) is 6.92 Å². The van der Waals surface area contributed by atoms with Crippen molar-refractivity contribution in [2.24, 2.45) is 0 Å². The van der Waals surface area contributed by atoms with Crippen molar-refractivity contribution in [2.45, 2.75) is 140 Å². The summed E-state index contributed by atoms with van der Waals surface area (Å²) >= 11 is 1.81. The summed E-state index contributed by atoms with van der Waals surface area (Å²) in [5.74, 6) is 1.86. The summed E-state index contributed by atoms with van der Waals surface area (Å²) in [6.07, 6.45) is 16.2. The van der Waals surface area contributed by atoms with Crippen molar-refractivity contribution in [1.82, 2.24) is 0 Å². The lowest BCUT2D eigenvalue weighted by molar-refractivity contribution is -0.295. The fourth-order valence-corrected chi connectivity index (χ4v) is 5.18. The van der Waals surface area contributed by atoms with Gasteiger partial charge in [0, 0.05) is 5.75 Å². The summed E-state index contributed by atoms with van der Waals surface area (Å²) < 4.78 is 10.6. The largest absolute Gasteiger partial charge is 0.394 e. The summed E-state index contributed by atoms with van der Waals surface area (Å²) in [5, 5.41) is 38.9. The Kier molecular flexibility index (Phi) is 20.2. The number of rotatable bonds is 22. The third-order valence-electron chi connectivity index (χ3n) is 6.52. The first kappa shape index (κ1) is 31.1. The molecule has 0 aromatic heterocycles. The molecule has 5 atom stereocenters. The van der Waals surface area contributed by atoms with Gasteiger partial charge in [0.05, 0.1) is 13.2 Å². The van der Waals surface area contributed by atoms with Crippen LogP contribution >= 0.6 is 11.8 Å². The molecule has 0 amide bonds. The molecule has 0 unspecified atom stereocenters. The number of hydrogen-bond acceptors (Lipinski definition) is 7. The minimum absolute atomic E-state index is 0.377. The first-order valence-electron chi connectivity index (χ1n) is 13.6. The van der Waals surface area contributed by atoms with Crippen molar-refractivity contribution >= 4 is 11.8 Å². The highest BCUT2D eigenvalue weighted by atomic mass is 32.2. The molecule has 0 aromatic carbocycles. The number of thioether (sulfide) groups is 1. The summed E-state index contributed by atoms with van der Waals surface area (Å²) in [5.41, 5.74) is 0. The first-order valence-corrected chi connectivity index (χ1v) is 14.8. The minimum atomic E-state index is -1.34. The summed E-state index contributed by atoms with van der Waals surface area (Å²) in [6, 6.07) is 0.